The molecule has 1 unspecified atom stereocenters. The molecule has 12 heavy (non-hydrogen) atoms. The molecule has 0 bridgehead atoms. The molecule has 0 aliphatic heterocycles. The van der Waals surface area contributed by atoms with Gasteiger partial charge >= 0.3 is 0 Å². The first-order chi connectivity index (χ1) is 5.72. The van der Waals surface area contributed by atoms with Crippen LogP contribution in [0.25, 0.3) is 0 Å². The summed E-state index contributed by atoms with van der Waals surface area (Å²) in [6.45, 7) is 0.624. The normalized spacial score (nSPS) is 12.9. The van der Waals surface area contributed by atoms with Gasteiger partial charge in [0.25, 0.3) is 0 Å². The van der Waals surface area contributed by atoms with E-state index in [1.165, 1.54) is 5.56 Å². The Bertz CT molecular complexity index is 235. The number of thiol groups is 1. The van der Waals surface area contributed by atoms with Gasteiger partial charge in [0.1, 0.15) is 0 Å². The molecule has 0 aliphatic rings. The van der Waals surface area contributed by atoms with Gasteiger partial charge in [-0.1, -0.05) is 28.1 Å². The fourth-order valence-corrected chi connectivity index (χ4v) is 1.45. The van der Waals surface area contributed by atoms with E-state index in [1.807, 2.05) is 12.1 Å². The Labute approximate surface area is 86.9 Å². The van der Waals surface area contributed by atoms with Crippen LogP contribution in [-0.2, 0) is 6.42 Å². The average Bonchev–Trinajstić information content (AvgIpc) is 2.09. The summed E-state index contributed by atoms with van der Waals surface area (Å²) in [5.74, 6) is 0. The Morgan fingerprint density at radius 2 is 1.92 bits per heavy atom. The standard InChI is InChI=1S/C9H12BrNS/c10-8-3-1-7(2-4-8)5-9(12)6-11/h1-4,9,12H,5-6,11H2. The van der Waals surface area contributed by atoms with E-state index >= 15 is 0 Å². The zero-order valence-corrected chi connectivity index (χ0v) is 9.18. The maximum absolute atomic E-state index is 5.46. The second kappa shape index (κ2) is 4.90. The van der Waals surface area contributed by atoms with Gasteiger partial charge in [0.2, 0.25) is 0 Å². The van der Waals surface area contributed by atoms with Crippen molar-refractivity contribution in [3.63, 3.8) is 0 Å². The molecule has 1 nitrogen and oxygen atoms in total. The first-order valence-corrected chi connectivity index (χ1v) is 5.16. The molecule has 1 aromatic rings. The Morgan fingerprint density at radius 3 is 2.42 bits per heavy atom. The Kier molecular flexibility index (Phi) is 4.12. The van der Waals surface area contributed by atoms with E-state index in [1.54, 1.807) is 0 Å². The minimum atomic E-state index is 0.270. The van der Waals surface area contributed by atoms with E-state index in [0.29, 0.717) is 6.54 Å². The van der Waals surface area contributed by atoms with E-state index in [2.05, 4.69) is 40.7 Å². The minimum absolute atomic E-state index is 0.270. The summed E-state index contributed by atoms with van der Waals surface area (Å²) < 4.78 is 1.11. The molecule has 0 amide bonds. The van der Waals surface area contributed by atoms with Gasteiger partial charge in [0, 0.05) is 16.3 Å². The van der Waals surface area contributed by atoms with Gasteiger partial charge in [0.05, 0.1) is 0 Å². The van der Waals surface area contributed by atoms with Crippen molar-refractivity contribution in [2.24, 2.45) is 5.73 Å². The van der Waals surface area contributed by atoms with Crippen molar-refractivity contribution < 1.29 is 0 Å². The minimum Gasteiger partial charge on any atom is -0.329 e. The number of rotatable bonds is 3. The number of hydrogen-bond acceptors (Lipinski definition) is 2. The molecular weight excluding hydrogens is 234 g/mol. The fourth-order valence-electron chi connectivity index (χ4n) is 0.976. The van der Waals surface area contributed by atoms with Crippen LogP contribution in [0.5, 0.6) is 0 Å². The van der Waals surface area contributed by atoms with Gasteiger partial charge in [-0.15, -0.1) is 0 Å². The summed E-state index contributed by atoms with van der Waals surface area (Å²) in [6, 6.07) is 8.24. The van der Waals surface area contributed by atoms with Crippen LogP contribution in [0, 0.1) is 0 Å². The molecular formula is C9H12BrNS. The van der Waals surface area contributed by atoms with Crippen LogP contribution in [0.4, 0.5) is 0 Å². The molecule has 2 N–H and O–H groups in total. The lowest BCUT2D eigenvalue weighted by atomic mass is 10.1. The molecule has 1 atom stereocenters. The smallest absolute Gasteiger partial charge is 0.0180 e. The number of halogens is 1. The van der Waals surface area contributed by atoms with Crippen molar-refractivity contribution in [2.45, 2.75) is 11.7 Å². The molecule has 0 fully saturated rings. The van der Waals surface area contributed by atoms with Crippen molar-refractivity contribution in [1.82, 2.24) is 0 Å². The van der Waals surface area contributed by atoms with E-state index in [-0.39, 0.29) is 5.25 Å². The van der Waals surface area contributed by atoms with Crippen LogP contribution in [-0.4, -0.2) is 11.8 Å². The zero-order chi connectivity index (χ0) is 8.97. The molecule has 0 spiro atoms. The highest BCUT2D eigenvalue weighted by atomic mass is 79.9. The van der Waals surface area contributed by atoms with Crippen molar-refractivity contribution >= 4 is 28.6 Å². The van der Waals surface area contributed by atoms with E-state index in [4.69, 9.17) is 5.73 Å². The van der Waals surface area contributed by atoms with Crippen LogP contribution in [0.3, 0.4) is 0 Å². The van der Waals surface area contributed by atoms with Gasteiger partial charge in [-0.3, -0.25) is 0 Å². The van der Waals surface area contributed by atoms with E-state index in [9.17, 15) is 0 Å². The predicted octanol–water partition coefficient (Wildman–Crippen LogP) is 2.25. The third-order valence-corrected chi connectivity index (χ3v) is 2.58. The Hall–Kier alpha value is 0.01000. The summed E-state index contributed by atoms with van der Waals surface area (Å²) in [6.07, 6.45) is 0.937. The number of benzene rings is 1. The van der Waals surface area contributed by atoms with Crippen LogP contribution < -0.4 is 5.73 Å². The maximum Gasteiger partial charge on any atom is 0.0180 e. The third-order valence-electron chi connectivity index (χ3n) is 1.66. The van der Waals surface area contributed by atoms with Crippen LogP contribution in [0.15, 0.2) is 28.7 Å². The Balaban J connectivity index is 2.58. The van der Waals surface area contributed by atoms with Gasteiger partial charge in [-0.25, -0.2) is 0 Å². The Morgan fingerprint density at radius 1 is 1.33 bits per heavy atom. The maximum atomic E-state index is 5.46. The quantitative estimate of drug-likeness (QED) is 0.786. The van der Waals surface area contributed by atoms with Crippen LogP contribution in [0.2, 0.25) is 0 Å². The second-order valence-corrected chi connectivity index (χ2v) is 4.37. The number of nitrogens with two attached hydrogens (primary N) is 1. The largest absolute Gasteiger partial charge is 0.329 e. The van der Waals surface area contributed by atoms with Crippen molar-refractivity contribution in [2.75, 3.05) is 6.54 Å². The highest BCUT2D eigenvalue weighted by molar-refractivity contribution is 9.10. The van der Waals surface area contributed by atoms with E-state index < -0.39 is 0 Å². The molecule has 0 saturated heterocycles. The lowest BCUT2D eigenvalue weighted by molar-refractivity contribution is 0.859. The lowest BCUT2D eigenvalue weighted by Gasteiger charge is -2.06. The van der Waals surface area contributed by atoms with Crippen LogP contribution in [0.1, 0.15) is 5.56 Å². The fraction of sp³-hybridized carbons (Fsp3) is 0.333. The molecule has 0 heterocycles. The zero-order valence-electron chi connectivity index (χ0n) is 6.70. The molecule has 0 aliphatic carbocycles. The van der Waals surface area contributed by atoms with Crippen LogP contribution >= 0.6 is 28.6 Å². The second-order valence-electron chi connectivity index (χ2n) is 2.72. The summed E-state index contributed by atoms with van der Waals surface area (Å²) in [5, 5.41) is 0.270. The third kappa shape index (κ3) is 3.17. The topological polar surface area (TPSA) is 26.0 Å². The van der Waals surface area contributed by atoms with Gasteiger partial charge in [-0.2, -0.15) is 12.6 Å². The first-order valence-electron chi connectivity index (χ1n) is 3.85. The van der Waals surface area contributed by atoms with Crippen molar-refractivity contribution in [3.05, 3.63) is 34.3 Å². The van der Waals surface area contributed by atoms with Gasteiger partial charge in [0.15, 0.2) is 0 Å². The number of hydrogen-bond donors (Lipinski definition) is 2. The molecule has 0 radical (unpaired) electrons. The summed E-state index contributed by atoms with van der Waals surface area (Å²) in [4.78, 5) is 0. The van der Waals surface area contributed by atoms with Gasteiger partial charge < -0.3 is 5.73 Å². The average molecular weight is 246 g/mol. The van der Waals surface area contributed by atoms with Gasteiger partial charge in [-0.05, 0) is 24.1 Å². The predicted molar refractivity (Wildman–Crippen MR) is 59.7 cm³/mol. The highest BCUT2D eigenvalue weighted by Gasteiger charge is 2.00. The molecule has 0 aromatic heterocycles. The first kappa shape index (κ1) is 10.1. The van der Waals surface area contributed by atoms with Crippen molar-refractivity contribution in [1.29, 1.82) is 0 Å². The lowest BCUT2D eigenvalue weighted by Crippen LogP contribution is -2.16. The molecule has 1 rings (SSSR count). The summed E-state index contributed by atoms with van der Waals surface area (Å²) >= 11 is 7.72. The van der Waals surface area contributed by atoms with E-state index in [0.717, 1.165) is 10.9 Å². The molecule has 1 aromatic carbocycles. The SMILES string of the molecule is NCC(S)Cc1ccc(Br)cc1. The molecule has 3 heteroatoms. The molecule has 0 saturated carbocycles. The summed E-state index contributed by atoms with van der Waals surface area (Å²) in [5.41, 5.74) is 6.75. The summed E-state index contributed by atoms with van der Waals surface area (Å²) in [7, 11) is 0. The molecule has 66 valence electrons. The highest BCUT2D eigenvalue weighted by Crippen LogP contribution is 2.12. The monoisotopic (exact) mass is 245 g/mol. The van der Waals surface area contributed by atoms with Crippen molar-refractivity contribution in [3.8, 4) is 0 Å².